The van der Waals surface area contributed by atoms with Crippen LogP contribution in [0, 0.1) is 10.8 Å². The Labute approximate surface area is 132 Å². The molecule has 2 fully saturated rings. The zero-order valence-corrected chi connectivity index (χ0v) is 13.8. The van der Waals surface area contributed by atoms with Crippen molar-refractivity contribution < 1.29 is 4.79 Å². The standard InChI is InChI=1S/C19H26OS/c1-2-3-12-19-13-7-11-18(19,15-20)14-10-17(19)21-16-8-5-4-6-9-16/h4-6,8-9,15,17H,2-3,7,10-14H2,1H3/t17-,18+,19-/m0/s1. The van der Waals surface area contributed by atoms with Crippen molar-refractivity contribution in [3.05, 3.63) is 30.3 Å². The van der Waals surface area contributed by atoms with E-state index < -0.39 is 0 Å². The number of unbranched alkanes of at least 4 members (excludes halogenated alkanes) is 1. The molecule has 21 heavy (non-hydrogen) atoms. The highest BCUT2D eigenvalue weighted by atomic mass is 32.2. The molecule has 2 saturated carbocycles. The molecule has 3 atom stereocenters. The van der Waals surface area contributed by atoms with Crippen molar-refractivity contribution >= 4 is 18.0 Å². The average molecular weight is 302 g/mol. The molecule has 0 N–H and O–H groups in total. The van der Waals surface area contributed by atoms with Crippen LogP contribution in [0.5, 0.6) is 0 Å². The minimum atomic E-state index is -0.00534. The van der Waals surface area contributed by atoms with Gasteiger partial charge in [-0.3, -0.25) is 0 Å². The first-order valence-corrected chi connectivity index (χ1v) is 9.32. The molecule has 0 heterocycles. The molecule has 0 bridgehead atoms. The van der Waals surface area contributed by atoms with Crippen molar-refractivity contribution in [1.82, 2.24) is 0 Å². The van der Waals surface area contributed by atoms with E-state index in [-0.39, 0.29) is 10.8 Å². The fraction of sp³-hybridized carbons (Fsp3) is 0.632. The first kappa shape index (κ1) is 15.1. The number of carbonyl (C=O) groups is 1. The smallest absolute Gasteiger partial charge is 0.126 e. The van der Waals surface area contributed by atoms with Gasteiger partial charge in [0.05, 0.1) is 0 Å². The van der Waals surface area contributed by atoms with Gasteiger partial charge in [0.2, 0.25) is 0 Å². The molecule has 114 valence electrons. The lowest BCUT2D eigenvalue weighted by atomic mass is 9.66. The molecule has 0 amide bonds. The van der Waals surface area contributed by atoms with Crippen LogP contribution in [0.15, 0.2) is 35.2 Å². The van der Waals surface area contributed by atoms with E-state index in [1.54, 1.807) is 0 Å². The van der Waals surface area contributed by atoms with E-state index in [0.29, 0.717) is 5.25 Å². The summed E-state index contributed by atoms with van der Waals surface area (Å²) < 4.78 is 0. The maximum atomic E-state index is 12.0. The number of hydrogen-bond donors (Lipinski definition) is 0. The number of aldehydes is 1. The van der Waals surface area contributed by atoms with Crippen molar-refractivity contribution in [2.24, 2.45) is 10.8 Å². The summed E-state index contributed by atoms with van der Waals surface area (Å²) in [6.07, 6.45) is 11.1. The summed E-state index contributed by atoms with van der Waals surface area (Å²) in [5.74, 6) is 0. The van der Waals surface area contributed by atoms with E-state index in [2.05, 4.69) is 37.3 Å². The maximum Gasteiger partial charge on any atom is 0.126 e. The molecule has 2 heteroatoms. The van der Waals surface area contributed by atoms with Crippen LogP contribution >= 0.6 is 11.8 Å². The van der Waals surface area contributed by atoms with Crippen molar-refractivity contribution in [2.45, 2.75) is 68.4 Å². The summed E-state index contributed by atoms with van der Waals surface area (Å²) >= 11 is 2.03. The van der Waals surface area contributed by atoms with Gasteiger partial charge in [-0.2, -0.15) is 0 Å². The molecule has 3 rings (SSSR count). The Kier molecular flexibility index (Phi) is 4.44. The average Bonchev–Trinajstić information content (AvgIpc) is 3.02. The van der Waals surface area contributed by atoms with Crippen LogP contribution in [-0.4, -0.2) is 11.5 Å². The number of benzene rings is 1. The van der Waals surface area contributed by atoms with E-state index >= 15 is 0 Å². The molecule has 1 aromatic rings. The molecule has 1 aromatic carbocycles. The lowest BCUT2D eigenvalue weighted by Gasteiger charge is -2.41. The first-order chi connectivity index (χ1) is 10.3. The number of thioether (sulfide) groups is 1. The largest absolute Gasteiger partial charge is 0.303 e. The molecule has 2 aliphatic rings. The Morgan fingerprint density at radius 3 is 2.76 bits per heavy atom. The van der Waals surface area contributed by atoms with Gasteiger partial charge in [0, 0.05) is 15.6 Å². The zero-order valence-electron chi connectivity index (χ0n) is 13.0. The highest BCUT2D eigenvalue weighted by Crippen LogP contribution is 2.67. The molecular weight excluding hydrogens is 276 g/mol. The maximum absolute atomic E-state index is 12.0. The topological polar surface area (TPSA) is 17.1 Å². The fourth-order valence-corrected chi connectivity index (χ4v) is 6.41. The van der Waals surface area contributed by atoms with Crippen LogP contribution in [-0.2, 0) is 4.79 Å². The zero-order chi connectivity index (χ0) is 14.8. The summed E-state index contributed by atoms with van der Waals surface area (Å²) in [4.78, 5) is 13.3. The quantitative estimate of drug-likeness (QED) is 0.647. The number of rotatable bonds is 6. The minimum absolute atomic E-state index is 0.00534. The van der Waals surface area contributed by atoms with Gasteiger partial charge in [-0.05, 0) is 49.7 Å². The van der Waals surface area contributed by atoms with Gasteiger partial charge in [-0.15, -0.1) is 11.8 Å². The van der Waals surface area contributed by atoms with Crippen LogP contribution in [0.2, 0.25) is 0 Å². The third-order valence-corrected chi connectivity index (χ3v) is 7.45. The van der Waals surface area contributed by atoms with Crippen molar-refractivity contribution in [3.63, 3.8) is 0 Å². The molecule has 1 nitrogen and oxygen atoms in total. The Morgan fingerprint density at radius 2 is 2.05 bits per heavy atom. The highest BCUT2D eigenvalue weighted by molar-refractivity contribution is 8.00. The summed E-state index contributed by atoms with van der Waals surface area (Å²) in [6.45, 7) is 2.27. The molecule has 0 spiro atoms. The molecule has 0 aliphatic heterocycles. The predicted molar refractivity (Wildman–Crippen MR) is 89.6 cm³/mol. The normalized spacial score (nSPS) is 34.8. The predicted octanol–water partition coefficient (Wildman–Crippen LogP) is 5.49. The molecule has 0 saturated heterocycles. The Balaban J connectivity index is 1.87. The monoisotopic (exact) mass is 302 g/mol. The van der Waals surface area contributed by atoms with Gasteiger partial charge < -0.3 is 4.79 Å². The Hall–Kier alpha value is -0.760. The summed E-state index contributed by atoms with van der Waals surface area (Å²) in [6, 6.07) is 10.8. The van der Waals surface area contributed by atoms with E-state index in [0.717, 1.165) is 12.8 Å². The number of fused-ring (bicyclic) bond motifs is 1. The van der Waals surface area contributed by atoms with E-state index in [1.165, 1.54) is 49.7 Å². The lowest BCUT2D eigenvalue weighted by molar-refractivity contribution is -0.120. The number of hydrogen-bond acceptors (Lipinski definition) is 2. The van der Waals surface area contributed by atoms with Gasteiger partial charge in [0.15, 0.2) is 0 Å². The first-order valence-electron chi connectivity index (χ1n) is 8.44. The molecule has 0 radical (unpaired) electrons. The van der Waals surface area contributed by atoms with Gasteiger partial charge in [-0.1, -0.05) is 44.4 Å². The summed E-state index contributed by atoms with van der Waals surface area (Å²) in [7, 11) is 0. The van der Waals surface area contributed by atoms with Crippen molar-refractivity contribution in [1.29, 1.82) is 0 Å². The van der Waals surface area contributed by atoms with Crippen LogP contribution in [0.1, 0.15) is 58.3 Å². The minimum Gasteiger partial charge on any atom is -0.303 e. The molecule has 0 aromatic heterocycles. The molecular formula is C19H26OS. The van der Waals surface area contributed by atoms with Gasteiger partial charge >= 0.3 is 0 Å². The van der Waals surface area contributed by atoms with E-state index in [9.17, 15) is 4.79 Å². The van der Waals surface area contributed by atoms with Crippen LogP contribution in [0.3, 0.4) is 0 Å². The lowest BCUT2D eigenvalue weighted by Crippen LogP contribution is -2.39. The SMILES string of the molecule is CCCC[C@@]12CCC[C@]1(C=O)CC[C@@H]2Sc1ccccc1. The second-order valence-electron chi connectivity index (χ2n) is 6.85. The molecule has 2 aliphatic carbocycles. The van der Waals surface area contributed by atoms with Gasteiger partial charge in [0.25, 0.3) is 0 Å². The summed E-state index contributed by atoms with van der Waals surface area (Å²) in [5, 5.41) is 0.624. The highest BCUT2D eigenvalue weighted by Gasteiger charge is 2.61. The van der Waals surface area contributed by atoms with Gasteiger partial charge in [0.1, 0.15) is 6.29 Å². The van der Waals surface area contributed by atoms with Gasteiger partial charge in [-0.25, -0.2) is 0 Å². The Bertz CT molecular complexity index is 486. The van der Waals surface area contributed by atoms with Crippen LogP contribution < -0.4 is 0 Å². The fourth-order valence-electron chi connectivity index (χ4n) is 4.84. The summed E-state index contributed by atoms with van der Waals surface area (Å²) in [5.41, 5.74) is 0.264. The van der Waals surface area contributed by atoms with Crippen LogP contribution in [0.4, 0.5) is 0 Å². The Morgan fingerprint density at radius 1 is 1.24 bits per heavy atom. The van der Waals surface area contributed by atoms with Crippen molar-refractivity contribution in [2.75, 3.05) is 0 Å². The molecule has 0 unspecified atom stereocenters. The second-order valence-corrected chi connectivity index (χ2v) is 8.12. The third kappa shape index (κ3) is 2.46. The van der Waals surface area contributed by atoms with E-state index in [1.807, 2.05) is 11.8 Å². The third-order valence-electron chi connectivity index (χ3n) is 5.93. The van der Waals surface area contributed by atoms with E-state index in [4.69, 9.17) is 0 Å². The van der Waals surface area contributed by atoms with Crippen molar-refractivity contribution in [3.8, 4) is 0 Å². The second kappa shape index (κ2) is 6.16. The van der Waals surface area contributed by atoms with Crippen LogP contribution in [0.25, 0.3) is 0 Å². The number of carbonyl (C=O) groups excluding carboxylic acids is 1.